The third-order valence-corrected chi connectivity index (χ3v) is 3.33. The first-order valence-corrected chi connectivity index (χ1v) is 6.48. The lowest BCUT2D eigenvalue weighted by Crippen LogP contribution is -2.21. The molecule has 6 nitrogen and oxygen atoms in total. The lowest BCUT2D eigenvalue weighted by molar-refractivity contribution is 0.235. The van der Waals surface area contributed by atoms with Crippen molar-refractivity contribution in [1.29, 1.82) is 0 Å². The van der Waals surface area contributed by atoms with Gasteiger partial charge in [-0.15, -0.1) is 10.2 Å². The van der Waals surface area contributed by atoms with Gasteiger partial charge in [-0.3, -0.25) is 4.79 Å². The van der Waals surface area contributed by atoms with Gasteiger partial charge in [0.25, 0.3) is 16.4 Å². The third-order valence-electron chi connectivity index (χ3n) is 2.50. The van der Waals surface area contributed by atoms with Crippen LogP contribution in [0.1, 0.15) is 6.92 Å². The van der Waals surface area contributed by atoms with Gasteiger partial charge in [-0.1, -0.05) is 12.1 Å². The molecule has 7 heteroatoms. The summed E-state index contributed by atoms with van der Waals surface area (Å²) < 4.78 is 5.35. The topological polar surface area (TPSA) is 79.5 Å². The van der Waals surface area contributed by atoms with Gasteiger partial charge < -0.3 is 14.4 Å². The van der Waals surface area contributed by atoms with Crippen molar-refractivity contribution in [3.63, 3.8) is 0 Å². The highest BCUT2D eigenvalue weighted by Gasteiger charge is 2.16. The molecule has 1 heterocycles. The second-order valence-electron chi connectivity index (χ2n) is 3.77. The van der Waals surface area contributed by atoms with Crippen LogP contribution >= 0.6 is 11.8 Å². The number of para-hydroxylation sites is 1. The SMILES string of the molecule is CCN(C)C(=O)Sc1nnc(-c2ccccc2O)o1. The zero-order valence-corrected chi connectivity index (χ0v) is 11.3. The average molecular weight is 279 g/mol. The van der Waals surface area contributed by atoms with E-state index in [0.717, 1.165) is 11.8 Å². The minimum atomic E-state index is -0.171. The number of benzene rings is 1. The molecule has 0 atom stereocenters. The van der Waals surface area contributed by atoms with Crippen molar-refractivity contribution in [2.45, 2.75) is 12.1 Å². The zero-order valence-electron chi connectivity index (χ0n) is 10.5. The van der Waals surface area contributed by atoms with E-state index in [4.69, 9.17) is 4.42 Å². The maximum Gasteiger partial charge on any atom is 0.290 e. The van der Waals surface area contributed by atoms with Crippen molar-refractivity contribution in [3.05, 3.63) is 24.3 Å². The molecule has 0 saturated heterocycles. The molecular formula is C12H13N3O3S. The summed E-state index contributed by atoms with van der Waals surface area (Å²) in [5, 5.41) is 17.3. The highest BCUT2D eigenvalue weighted by molar-refractivity contribution is 8.13. The highest BCUT2D eigenvalue weighted by atomic mass is 32.2. The number of rotatable bonds is 3. The van der Waals surface area contributed by atoms with E-state index in [1.807, 2.05) is 6.92 Å². The smallest absolute Gasteiger partial charge is 0.290 e. The zero-order chi connectivity index (χ0) is 13.8. The number of aromatic nitrogens is 2. The molecule has 1 aromatic carbocycles. The molecule has 0 aliphatic rings. The lowest BCUT2D eigenvalue weighted by Gasteiger charge is -2.11. The maximum atomic E-state index is 11.7. The standard InChI is InChI=1S/C12H13N3O3S/c1-3-15(2)12(17)19-11-14-13-10(18-11)8-6-4-5-7-9(8)16/h4-7,16H,3H2,1-2H3. The number of aromatic hydroxyl groups is 1. The Morgan fingerprint density at radius 1 is 1.42 bits per heavy atom. The van der Waals surface area contributed by atoms with Crippen LogP contribution in [-0.4, -0.2) is 39.0 Å². The number of thioether (sulfide) groups is 1. The van der Waals surface area contributed by atoms with Crippen molar-refractivity contribution in [2.75, 3.05) is 13.6 Å². The van der Waals surface area contributed by atoms with Crippen LogP contribution in [0.3, 0.4) is 0 Å². The summed E-state index contributed by atoms with van der Waals surface area (Å²) in [5.41, 5.74) is 0.443. The molecule has 19 heavy (non-hydrogen) atoms. The predicted octanol–water partition coefficient (Wildman–Crippen LogP) is 2.61. The number of carbonyl (C=O) groups is 1. The summed E-state index contributed by atoms with van der Waals surface area (Å²) in [6, 6.07) is 6.65. The second-order valence-corrected chi connectivity index (χ2v) is 4.68. The van der Waals surface area contributed by atoms with Crippen LogP contribution in [0.2, 0.25) is 0 Å². The summed E-state index contributed by atoms with van der Waals surface area (Å²) >= 11 is 0.863. The monoisotopic (exact) mass is 279 g/mol. The van der Waals surface area contributed by atoms with E-state index in [-0.39, 0.29) is 22.1 Å². The first kappa shape index (κ1) is 13.4. The van der Waals surface area contributed by atoms with Gasteiger partial charge in [-0.05, 0) is 19.1 Å². The van der Waals surface area contributed by atoms with Gasteiger partial charge in [-0.25, -0.2) is 0 Å². The summed E-state index contributed by atoms with van der Waals surface area (Å²) in [6.45, 7) is 2.48. The largest absolute Gasteiger partial charge is 0.507 e. The van der Waals surface area contributed by atoms with Crippen LogP contribution in [0.25, 0.3) is 11.5 Å². The van der Waals surface area contributed by atoms with Crippen LogP contribution < -0.4 is 0 Å². The minimum absolute atomic E-state index is 0.0553. The molecule has 1 aromatic heterocycles. The second kappa shape index (κ2) is 5.75. The van der Waals surface area contributed by atoms with Crippen molar-refractivity contribution >= 4 is 17.0 Å². The quantitative estimate of drug-likeness (QED) is 0.870. The molecule has 2 rings (SSSR count). The van der Waals surface area contributed by atoms with Crippen LogP contribution in [0, 0.1) is 0 Å². The minimum Gasteiger partial charge on any atom is -0.507 e. The third kappa shape index (κ3) is 3.05. The predicted molar refractivity (Wildman–Crippen MR) is 71.0 cm³/mol. The van der Waals surface area contributed by atoms with E-state index < -0.39 is 0 Å². The van der Waals surface area contributed by atoms with E-state index in [9.17, 15) is 9.90 Å². The Labute approximate surface area is 114 Å². The molecular weight excluding hydrogens is 266 g/mol. The summed E-state index contributed by atoms with van der Waals surface area (Å²) in [4.78, 5) is 13.2. The lowest BCUT2D eigenvalue weighted by atomic mass is 10.2. The van der Waals surface area contributed by atoms with Gasteiger partial charge in [0.05, 0.1) is 5.56 Å². The fraction of sp³-hybridized carbons (Fsp3) is 0.250. The Hall–Kier alpha value is -2.02. The average Bonchev–Trinajstić information content (AvgIpc) is 2.86. The van der Waals surface area contributed by atoms with Crippen LogP contribution in [0.5, 0.6) is 5.75 Å². The molecule has 1 N–H and O–H groups in total. The molecule has 0 fully saturated rings. The molecule has 0 radical (unpaired) electrons. The Balaban J connectivity index is 2.16. The number of amides is 1. The van der Waals surface area contributed by atoms with Crippen LogP contribution in [0.4, 0.5) is 4.79 Å². The van der Waals surface area contributed by atoms with Crippen molar-refractivity contribution in [3.8, 4) is 17.2 Å². The van der Waals surface area contributed by atoms with Gasteiger partial charge >= 0.3 is 0 Å². The first-order valence-electron chi connectivity index (χ1n) is 5.66. The number of hydrogen-bond acceptors (Lipinski definition) is 6. The molecule has 0 bridgehead atoms. The van der Waals surface area contributed by atoms with E-state index in [2.05, 4.69) is 10.2 Å². The van der Waals surface area contributed by atoms with Crippen molar-refractivity contribution in [1.82, 2.24) is 15.1 Å². The normalized spacial score (nSPS) is 10.4. The molecule has 2 aromatic rings. The van der Waals surface area contributed by atoms with E-state index in [1.54, 1.807) is 25.2 Å². The molecule has 100 valence electrons. The Morgan fingerprint density at radius 3 is 2.84 bits per heavy atom. The van der Waals surface area contributed by atoms with Crippen LogP contribution in [0.15, 0.2) is 33.9 Å². The van der Waals surface area contributed by atoms with Gasteiger partial charge in [-0.2, -0.15) is 0 Å². The Kier molecular flexibility index (Phi) is 4.06. The maximum absolute atomic E-state index is 11.7. The van der Waals surface area contributed by atoms with E-state index in [0.29, 0.717) is 12.1 Å². The van der Waals surface area contributed by atoms with Gasteiger partial charge in [0.2, 0.25) is 0 Å². The summed E-state index contributed by atoms with van der Waals surface area (Å²) in [6.07, 6.45) is 0. The molecule has 0 spiro atoms. The Morgan fingerprint density at radius 2 is 2.16 bits per heavy atom. The highest BCUT2D eigenvalue weighted by Crippen LogP contribution is 2.29. The van der Waals surface area contributed by atoms with Gasteiger partial charge in [0, 0.05) is 25.4 Å². The number of phenolic OH excluding ortho intramolecular Hbond substituents is 1. The fourth-order valence-electron chi connectivity index (χ4n) is 1.30. The molecule has 0 aliphatic carbocycles. The molecule has 1 amide bonds. The molecule has 0 saturated carbocycles. The number of hydrogen-bond donors (Lipinski definition) is 1. The van der Waals surface area contributed by atoms with Crippen LogP contribution in [-0.2, 0) is 0 Å². The van der Waals surface area contributed by atoms with E-state index >= 15 is 0 Å². The molecule has 0 unspecified atom stereocenters. The fourth-order valence-corrected chi connectivity index (χ4v) is 1.93. The summed E-state index contributed by atoms with van der Waals surface area (Å²) in [7, 11) is 1.69. The molecule has 0 aliphatic heterocycles. The number of nitrogens with zero attached hydrogens (tertiary/aromatic N) is 3. The first-order chi connectivity index (χ1) is 9.11. The van der Waals surface area contributed by atoms with Gasteiger partial charge in [0.15, 0.2) is 0 Å². The van der Waals surface area contributed by atoms with Crippen molar-refractivity contribution in [2.24, 2.45) is 0 Å². The van der Waals surface area contributed by atoms with E-state index in [1.165, 1.54) is 11.0 Å². The summed E-state index contributed by atoms with van der Waals surface area (Å²) in [5.74, 6) is 0.243. The number of carbonyl (C=O) groups excluding carboxylic acids is 1. The Bertz CT molecular complexity index is 585. The van der Waals surface area contributed by atoms with Gasteiger partial charge in [0.1, 0.15) is 5.75 Å². The number of phenols is 1. The van der Waals surface area contributed by atoms with Crippen molar-refractivity contribution < 1.29 is 14.3 Å².